The van der Waals surface area contributed by atoms with Gasteiger partial charge in [0, 0.05) is 43.5 Å². The van der Waals surface area contributed by atoms with E-state index in [1.165, 1.54) is 39.3 Å². The summed E-state index contributed by atoms with van der Waals surface area (Å²) in [7, 11) is -3.77. The van der Waals surface area contributed by atoms with E-state index >= 15 is 0 Å². The molecule has 2 heterocycles. The molecule has 1 aromatic heterocycles. The fourth-order valence-corrected chi connectivity index (χ4v) is 5.28. The van der Waals surface area contributed by atoms with Crippen LogP contribution < -0.4 is 5.56 Å². The van der Waals surface area contributed by atoms with Crippen molar-refractivity contribution >= 4 is 27.5 Å². The molecule has 7 nitrogen and oxygen atoms in total. The molecule has 0 spiro atoms. The quantitative estimate of drug-likeness (QED) is 0.552. The first kappa shape index (κ1) is 23.2. The lowest BCUT2D eigenvalue weighted by molar-refractivity contribution is 0.0697. The van der Waals surface area contributed by atoms with Gasteiger partial charge < -0.3 is 9.47 Å². The van der Waals surface area contributed by atoms with Crippen LogP contribution in [-0.4, -0.2) is 54.3 Å². The maximum atomic E-state index is 13.1. The Morgan fingerprint density at radius 1 is 0.939 bits per heavy atom. The van der Waals surface area contributed by atoms with E-state index in [0.29, 0.717) is 10.6 Å². The van der Waals surface area contributed by atoms with E-state index in [-0.39, 0.29) is 49.1 Å². The van der Waals surface area contributed by atoms with Crippen molar-refractivity contribution in [2.75, 3.05) is 26.2 Å². The number of halogens is 2. The summed E-state index contributed by atoms with van der Waals surface area (Å²) < 4.78 is 41.4. The molecule has 0 bridgehead atoms. The van der Waals surface area contributed by atoms with Crippen LogP contribution in [0, 0.1) is 5.82 Å². The standard InChI is InChI=1S/C23H21ClFN3O4S/c24-21-4-2-1-3-17(21)15-27-16-18(5-10-22(27)29)23(30)26-11-13-28(14-12-26)33(31,32)20-8-6-19(25)7-9-20/h1-10,16H,11-15H2. The van der Waals surface area contributed by atoms with Crippen LogP contribution in [0.15, 0.2) is 76.6 Å². The first-order valence-electron chi connectivity index (χ1n) is 10.2. The first-order chi connectivity index (χ1) is 15.8. The summed E-state index contributed by atoms with van der Waals surface area (Å²) in [4.78, 5) is 26.9. The zero-order valence-corrected chi connectivity index (χ0v) is 19.1. The number of carbonyl (C=O) groups excluding carboxylic acids is 1. The summed E-state index contributed by atoms with van der Waals surface area (Å²) in [5, 5.41) is 0.527. The molecule has 1 aliphatic heterocycles. The van der Waals surface area contributed by atoms with E-state index in [0.717, 1.165) is 17.7 Å². The van der Waals surface area contributed by atoms with E-state index in [4.69, 9.17) is 11.6 Å². The van der Waals surface area contributed by atoms with Gasteiger partial charge in [0.25, 0.3) is 11.5 Å². The van der Waals surface area contributed by atoms with E-state index in [2.05, 4.69) is 0 Å². The summed E-state index contributed by atoms with van der Waals surface area (Å²) >= 11 is 6.19. The summed E-state index contributed by atoms with van der Waals surface area (Å²) in [5.41, 5.74) is 0.823. The number of benzene rings is 2. The molecule has 1 fully saturated rings. The van der Waals surface area contributed by atoms with Crippen molar-refractivity contribution in [3.63, 3.8) is 0 Å². The third kappa shape index (κ3) is 5.00. The van der Waals surface area contributed by atoms with E-state index < -0.39 is 15.8 Å². The van der Waals surface area contributed by atoms with Crippen LogP contribution in [0.2, 0.25) is 5.02 Å². The van der Waals surface area contributed by atoms with E-state index in [1.54, 1.807) is 17.0 Å². The summed E-state index contributed by atoms with van der Waals surface area (Å²) in [6.07, 6.45) is 1.50. The minimum absolute atomic E-state index is 0.00956. The second kappa shape index (κ2) is 9.46. The molecule has 4 rings (SSSR count). The number of carbonyl (C=O) groups is 1. The molecule has 0 unspecified atom stereocenters. The molecular weight excluding hydrogens is 469 g/mol. The molecule has 1 aliphatic rings. The van der Waals surface area contributed by atoms with Gasteiger partial charge >= 0.3 is 0 Å². The highest BCUT2D eigenvalue weighted by Gasteiger charge is 2.30. The molecule has 172 valence electrons. The number of amides is 1. The highest BCUT2D eigenvalue weighted by molar-refractivity contribution is 7.89. The molecule has 0 saturated carbocycles. The van der Waals surface area contributed by atoms with Crippen molar-refractivity contribution in [2.45, 2.75) is 11.4 Å². The average molecular weight is 490 g/mol. The number of sulfonamides is 1. The lowest BCUT2D eigenvalue weighted by Crippen LogP contribution is -2.50. The van der Waals surface area contributed by atoms with Crippen molar-refractivity contribution in [1.82, 2.24) is 13.8 Å². The summed E-state index contributed by atoms with van der Waals surface area (Å²) in [6.45, 7) is 0.852. The zero-order chi connectivity index (χ0) is 23.6. The van der Waals surface area contributed by atoms with Crippen LogP contribution in [0.3, 0.4) is 0 Å². The third-order valence-electron chi connectivity index (χ3n) is 5.51. The van der Waals surface area contributed by atoms with Gasteiger partial charge in [-0.05, 0) is 42.0 Å². The molecule has 33 heavy (non-hydrogen) atoms. The molecule has 2 aromatic carbocycles. The Kier molecular flexibility index (Phi) is 6.64. The molecule has 3 aromatic rings. The maximum Gasteiger partial charge on any atom is 0.255 e. The maximum absolute atomic E-state index is 13.1. The lowest BCUT2D eigenvalue weighted by Gasteiger charge is -2.34. The van der Waals surface area contributed by atoms with Crippen LogP contribution in [0.25, 0.3) is 0 Å². The normalized spacial score (nSPS) is 14.9. The second-order valence-corrected chi connectivity index (χ2v) is 9.97. The van der Waals surface area contributed by atoms with E-state index in [9.17, 15) is 22.4 Å². The van der Waals surface area contributed by atoms with Crippen LogP contribution in [-0.2, 0) is 16.6 Å². The van der Waals surface area contributed by atoms with Gasteiger partial charge in [0.1, 0.15) is 5.82 Å². The predicted molar refractivity (Wildman–Crippen MR) is 122 cm³/mol. The predicted octanol–water partition coefficient (Wildman–Crippen LogP) is 2.84. The smallest absolute Gasteiger partial charge is 0.255 e. The Labute approximate surface area is 195 Å². The SMILES string of the molecule is O=C(c1ccc(=O)n(Cc2ccccc2Cl)c1)N1CCN(S(=O)(=O)c2ccc(F)cc2)CC1. The van der Waals surface area contributed by atoms with Crippen molar-refractivity contribution in [1.29, 1.82) is 0 Å². The van der Waals surface area contributed by atoms with Crippen LogP contribution >= 0.6 is 11.6 Å². The number of hydrogen-bond donors (Lipinski definition) is 0. The molecule has 0 N–H and O–H groups in total. The molecule has 0 atom stereocenters. The number of aromatic nitrogens is 1. The van der Waals surface area contributed by atoms with Gasteiger partial charge in [-0.2, -0.15) is 4.31 Å². The van der Waals surface area contributed by atoms with Crippen LogP contribution in [0.5, 0.6) is 0 Å². The number of piperazine rings is 1. The first-order valence-corrected chi connectivity index (χ1v) is 12.1. The van der Waals surface area contributed by atoms with Crippen molar-refractivity contribution in [3.8, 4) is 0 Å². The van der Waals surface area contributed by atoms with Crippen LogP contribution in [0.1, 0.15) is 15.9 Å². The topological polar surface area (TPSA) is 79.7 Å². The van der Waals surface area contributed by atoms with Crippen molar-refractivity contribution in [2.24, 2.45) is 0 Å². The summed E-state index contributed by atoms with van der Waals surface area (Å²) in [6, 6.07) is 14.6. The number of rotatable bonds is 5. The van der Waals surface area contributed by atoms with Crippen molar-refractivity contribution < 1.29 is 17.6 Å². The largest absolute Gasteiger partial charge is 0.336 e. The highest BCUT2D eigenvalue weighted by atomic mass is 35.5. The Balaban J connectivity index is 1.46. The third-order valence-corrected chi connectivity index (χ3v) is 7.79. The molecule has 1 amide bonds. The average Bonchev–Trinajstić information content (AvgIpc) is 2.82. The molecule has 10 heteroatoms. The fourth-order valence-electron chi connectivity index (χ4n) is 3.66. The van der Waals surface area contributed by atoms with Crippen LogP contribution in [0.4, 0.5) is 4.39 Å². The van der Waals surface area contributed by atoms with Gasteiger partial charge in [0.2, 0.25) is 10.0 Å². The Morgan fingerprint density at radius 2 is 1.61 bits per heavy atom. The van der Waals surface area contributed by atoms with Crippen molar-refractivity contribution in [3.05, 3.63) is 99.2 Å². The Hall–Kier alpha value is -3.01. The molecule has 0 radical (unpaired) electrons. The van der Waals surface area contributed by atoms with Gasteiger partial charge in [-0.25, -0.2) is 12.8 Å². The minimum Gasteiger partial charge on any atom is -0.336 e. The minimum atomic E-state index is -3.77. The summed E-state index contributed by atoms with van der Waals surface area (Å²) in [5.74, 6) is -0.804. The van der Waals surface area contributed by atoms with Gasteiger partial charge in [-0.1, -0.05) is 29.8 Å². The van der Waals surface area contributed by atoms with Gasteiger partial charge in [0.15, 0.2) is 0 Å². The lowest BCUT2D eigenvalue weighted by atomic mass is 10.2. The Bertz CT molecular complexity index is 1330. The number of hydrogen-bond acceptors (Lipinski definition) is 4. The zero-order valence-electron chi connectivity index (χ0n) is 17.5. The highest BCUT2D eigenvalue weighted by Crippen LogP contribution is 2.19. The fraction of sp³-hybridized carbons (Fsp3) is 0.217. The Morgan fingerprint density at radius 3 is 2.27 bits per heavy atom. The van der Waals surface area contributed by atoms with Gasteiger partial charge in [-0.15, -0.1) is 0 Å². The monoisotopic (exact) mass is 489 g/mol. The van der Waals surface area contributed by atoms with Gasteiger partial charge in [0.05, 0.1) is 17.0 Å². The molecule has 0 aliphatic carbocycles. The van der Waals surface area contributed by atoms with Gasteiger partial charge in [-0.3, -0.25) is 9.59 Å². The molecule has 1 saturated heterocycles. The van der Waals surface area contributed by atoms with E-state index in [1.807, 2.05) is 12.1 Å². The second-order valence-electron chi connectivity index (χ2n) is 7.63. The molecular formula is C23H21ClFN3O4S. The number of pyridine rings is 1. The number of nitrogens with zero attached hydrogens (tertiary/aromatic N) is 3.